The molecule has 1 unspecified atom stereocenters. The largest absolute Gasteiger partial charge is 0.481 e. The Labute approximate surface area is 99.0 Å². The highest BCUT2D eigenvalue weighted by Crippen LogP contribution is 2.19. The van der Waals surface area contributed by atoms with Gasteiger partial charge in [0.05, 0.1) is 5.92 Å². The molecule has 0 spiro atoms. The van der Waals surface area contributed by atoms with Crippen LogP contribution in [0.2, 0.25) is 0 Å². The summed E-state index contributed by atoms with van der Waals surface area (Å²) < 4.78 is 0. The highest BCUT2D eigenvalue weighted by Gasteiger charge is 2.20. The van der Waals surface area contributed by atoms with E-state index in [1.165, 1.54) is 6.33 Å². The van der Waals surface area contributed by atoms with Gasteiger partial charge >= 0.3 is 5.97 Å². The maximum atomic E-state index is 11.2. The molecule has 4 nitrogen and oxygen atoms in total. The van der Waals surface area contributed by atoms with Gasteiger partial charge in [0.1, 0.15) is 6.33 Å². The lowest BCUT2D eigenvalue weighted by Gasteiger charge is -2.11. The molecule has 0 saturated carbocycles. The van der Waals surface area contributed by atoms with E-state index in [4.69, 9.17) is 0 Å². The molecule has 0 radical (unpaired) electrons. The van der Waals surface area contributed by atoms with Crippen LogP contribution in [0.15, 0.2) is 49.1 Å². The van der Waals surface area contributed by atoms with Crippen LogP contribution >= 0.6 is 0 Å². The predicted molar refractivity (Wildman–Crippen MR) is 62.6 cm³/mol. The molecule has 0 aliphatic carbocycles. The molecule has 1 atom stereocenters. The van der Waals surface area contributed by atoms with E-state index in [1.54, 1.807) is 12.4 Å². The molecule has 1 aromatic carbocycles. The smallest absolute Gasteiger partial charge is 0.311 e. The van der Waals surface area contributed by atoms with E-state index < -0.39 is 11.9 Å². The minimum absolute atomic E-state index is 0.448. The summed E-state index contributed by atoms with van der Waals surface area (Å²) >= 11 is 0. The Kier molecular flexibility index (Phi) is 3.45. The molecule has 86 valence electrons. The van der Waals surface area contributed by atoms with Crippen molar-refractivity contribution >= 4 is 5.97 Å². The third-order valence-electron chi connectivity index (χ3n) is 2.56. The van der Waals surface area contributed by atoms with Gasteiger partial charge in [-0.3, -0.25) is 4.79 Å². The summed E-state index contributed by atoms with van der Waals surface area (Å²) in [6.07, 6.45) is 4.94. The molecule has 4 heteroatoms. The molecule has 1 N–H and O–H groups in total. The molecule has 0 bridgehead atoms. The highest BCUT2D eigenvalue weighted by molar-refractivity contribution is 5.76. The third-order valence-corrected chi connectivity index (χ3v) is 2.56. The molecule has 1 aromatic heterocycles. The van der Waals surface area contributed by atoms with Gasteiger partial charge in [-0.15, -0.1) is 0 Å². The summed E-state index contributed by atoms with van der Waals surface area (Å²) in [6.45, 7) is 0. The maximum Gasteiger partial charge on any atom is 0.311 e. The second-order valence-corrected chi connectivity index (χ2v) is 3.75. The fraction of sp³-hybridized carbons (Fsp3) is 0.154. The Bertz CT molecular complexity index is 485. The first kappa shape index (κ1) is 11.3. The maximum absolute atomic E-state index is 11.2. The fourth-order valence-corrected chi connectivity index (χ4v) is 1.69. The van der Waals surface area contributed by atoms with Crippen LogP contribution in [-0.2, 0) is 11.2 Å². The number of nitrogens with zero attached hydrogens (tertiary/aromatic N) is 2. The number of benzene rings is 1. The Hall–Kier alpha value is -2.23. The normalized spacial score (nSPS) is 12.0. The molecule has 0 aliphatic heterocycles. The van der Waals surface area contributed by atoms with Gasteiger partial charge < -0.3 is 5.11 Å². The molecular weight excluding hydrogens is 216 g/mol. The third kappa shape index (κ3) is 2.87. The van der Waals surface area contributed by atoms with Crippen molar-refractivity contribution in [2.24, 2.45) is 0 Å². The van der Waals surface area contributed by atoms with Crippen LogP contribution in [0.1, 0.15) is 17.0 Å². The zero-order valence-electron chi connectivity index (χ0n) is 9.15. The summed E-state index contributed by atoms with van der Waals surface area (Å²) in [5.41, 5.74) is 1.62. The Morgan fingerprint density at radius 1 is 1.18 bits per heavy atom. The summed E-state index contributed by atoms with van der Waals surface area (Å²) in [4.78, 5) is 19.0. The van der Waals surface area contributed by atoms with Crippen molar-refractivity contribution in [3.63, 3.8) is 0 Å². The Balaban J connectivity index is 2.23. The zero-order chi connectivity index (χ0) is 12.1. The lowest BCUT2D eigenvalue weighted by atomic mass is 9.94. The van der Waals surface area contributed by atoms with E-state index in [0.29, 0.717) is 12.0 Å². The van der Waals surface area contributed by atoms with Crippen LogP contribution in [0.25, 0.3) is 0 Å². The average Bonchev–Trinajstić information content (AvgIpc) is 2.38. The van der Waals surface area contributed by atoms with Gasteiger partial charge in [-0.1, -0.05) is 30.3 Å². The average molecular weight is 228 g/mol. The number of carbonyl (C=O) groups is 1. The van der Waals surface area contributed by atoms with E-state index in [2.05, 4.69) is 9.97 Å². The van der Waals surface area contributed by atoms with E-state index >= 15 is 0 Å². The van der Waals surface area contributed by atoms with E-state index in [-0.39, 0.29) is 0 Å². The molecule has 17 heavy (non-hydrogen) atoms. The number of carboxylic acid groups (broad SMARTS) is 1. The lowest BCUT2D eigenvalue weighted by Crippen LogP contribution is -2.14. The summed E-state index contributed by atoms with van der Waals surface area (Å²) in [6, 6.07) is 9.54. The predicted octanol–water partition coefficient (Wildman–Crippen LogP) is 1.89. The van der Waals surface area contributed by atoms with Crippen LogP contribution in [0.5, 0.6) is 0 Å². The SMILES string of the molecule is O=C(O)C(Cc1ccccc1)c1cncnc1. The van der Waals surface area contributed by atoms with Gasteiger partial charge in [-0.05, 0) is 12.0 Å². The first-order valence-electron chi connectivity index (χ1n) is 5.29. The lowest BCUT2D eigenvalue weighted by molar-refractivity contribution is -0.138. The number of aromatic nitrogens is 2. The van der Waals surface area contributed by atoms with Crippen molar-refractivity contribution in [3.8, 4) is 0 Å². The minimum atomic E-state index is -0.858. The standard InChI is InChI=1S/C13H12N2O2/c16-13(17)12(11-7-14-9-15-8-11)6-10-4-2-1-3-5-10/h1-5,7-9,12H,6H2,(H,16,17). The molecule has 2 rings (SSSR count). The number of rotatable bonds is 4. The van der Waals surface area contributed by atoms with Crippen molar-refractivity contribution in [1.82, 2.24) is 9.97 Å². The van der Waals surface area contributed by atoms with Crippen LogP contribution in [0.4, 0.5) is 0 Å². The van der Waals surface area contributed by atoms with Crippen molar-refractivity contribution < 1.29 is 9.90 Å². The number of hydrogen-bond acceptors (Lipinski definition) is 3. The van der Waals surface area contributed by atoms with Gasteiger partial charge in [0.15, 0.2) is 0 Å². The van der Waals surface area contributed by atoms with E-state index in [9.17, 15) is 9.90 Å². The fourth-order valence-electron chi connectivity index (χ4n) is 1.69. The second-order valence-electron chi connectivity index (χ2n) is 3.75. The van der Waals surface area contributed by atoms with Crippen LogP contribution in [0, 0.1) is 0 Å². The first-order valence-corrected chi connectivity index (χ1v) is 5.29. The van der Waals surface area contributed by atoms with Gasteiger partial charge in [0.25, 0.3) is 0 Å². The molecule has 0 fully saturated rings. The van der Waals surface area contributed by atoms with Crippen LogP contribution in [-0.4, -0.2) is 21.0 Å². The Morgan fingerprint density at radius 2 is 1.82 bits per heavy atom. The quantitative estimate of drug-likeness (QED) is 0.867. The zero-order valence-corrected chi connectivity index (χ0v) is 9.15. The van der Waals surface area contributed by atoms with Crippen LogP contribution < -0.4 is 0 Å². The van der Waals surface area contributed by atoms with Crippen molar-refractivity contribution in [3.05, 3.63) is 60.2 Å². The van der Waals surface area contributed by atoms with Crippen LogP contribution in [0.3, 0.4) is 0 Å². The molecular formula is C13H12N2O2. The Morgan fingerprint density at radius 3 is 2.41 bits per heavy atom. The number of hydrogen-bond donors (Lipinski definition) is 1. The topological polar surface area (TPSA) is 63.1 Å². The molecule has 0 aliphatic rings. The van der Waals surface area contributed by atoms with E-state index in [1.807, 2.05) is 30.3 Å². The minimum Gasteiger partial charge on any atom is -0.481 e. The van der Waals surface area contributed by atoms with Crippen molar-refractivity contribution in [2.45, 2.75) is 12.3 Å². The molecule has 2 aromatic rings. The van der Waals surface area contributed by atoms with Gasteiger partial charge in [-0.25, -0.2) is 9.97 Å². The highest BCUT2D eigenvalue weighted by atomic mass is 16.4. The number of aliphatic carboxylic acids is 1. The van der Waals surface area contributed by atoms with Gasteiger partial charge in [-0.2, -0.15) is 0 Å². The first-order chi connectivity index (χ1) is 8.27. The molecule has 0 saturated heterocycles. The summed E-state index contributed by atoms with van der Waals surface area (Å²) in [5.74, 6) is -1.46. The van der Waals surface area contributed by atoms with Crippen molar-refractivity contribution in [1.29, 1.82) is 0 Å². The molecule has 0 amide bonds. The van der Waals surface area contributed by atoms with Gasteiger partial charge in [0, 0.05) is 18.0 Å². The monoisotopic (exact) mass is 228 g/mol. The number of carboxylic acids is 1. The summed E-state index contributed by atoms with van der Waals surface area (Å²) in [5, 5.41) is 9.23. The summed E-state index contributed by atoms with van der Waals surface area (Å²) in [7, 11) is 0. The van der Waals surface area contributed by atoms with Crippen molar-refractivity contribution in [2.75, 3.05) is 0 Å². The molecule has 1 heterocycles. The van der Waals surface area contributed by atoms with Gasteiger partial charge in [0.2, 0.25) is 0 Å². The second kappa shape index (κ2) is 5.21. The van der Waals surface area contributed by atoms with E-state index in [0.717, 1.165) is 5.56 Å².